The standard InChI is InChI=1S/C19H19ClFNO/c1-4-22-13-6-7-14-15(11-19(2,3)23-18(14)10-13)12-5-8-16(20)17(21)9-12/h5-11,22H,4H2,1-3H3. The number of fused-ring (bicyclic) bond motifs is 1. The highest BCUT2D eigenvalue weighted by atomic mass is 35.5. The number of ether oxygens (including phenoxy) is 1. The number of anilines is 1. The zero-order valence-corrected chi connectivity index (χ0v) is 14.2. The summed E-state index contributed by atoms with van der Waals surface area (Å²) < 4.78 is 19.9. The Kier molecular flexibility index (Phi) is 4.07. The molecule has 2 nitrogen and oxygen atoms in total. The lowest BCUT2D eigenvalue weighted by molar-refractivity contribution is 0.158. The lowest BCUT2D eigenvalue weighted by atomic mass is 9.90. The SMILES string of the molecule is CCNc1ccc2c(c1)OC(C)(C)C=C2c1ccc(Cl)c(F)c1. The third-order valence-corrected chi connectivity index (χ3v) is 4.05. The minimum Gasteiger partial charge on any atom is -0.483 e. The lowest BCUT2D eigenvalue weighted by Gasteiger charge is -2.31. The molecule has 0 amide bonds. The van der Waals surface area contributed by atoms with Crippen molar-refractivity contribution in [3.8, 4) is 5.75 Å². The molecule has 2 aromatic rings. The van der Waals surface area contributed by atoms with E-state index in [0.29, 0.717) is 0 Å². The molecule has 1 heterocycles. The second kappa shape index (κ2) is 5.89. The summed E-state index contributed by atoms with van der Waals surface area (Å²) in [6.07, 6.45) is 2.02. The summed E-state index contributed by atoms with van der Waals surface area (Å²) in [5.74, 6) is 0.376. The van der Waals surface area contributed by atoms with Crippen molar-refractivity contribution in [2.24, 2.45) is 0 Å². The fourth-order valence-electron chi connectivity index (χ4n) is 2.78. The molecule has 2 aromatic carbocycles. The number of hydrogen-bond acceptors (Lipinski definition) is 2. The maximum Gasteiger partial charge on any atom is 0.142 e. The van der Waals surface area contributed by atoms with E-state index in [1.165, 1.54) is 6.07 Å². The van der Waals surface area contributed by atoms with Gasteiger partial charge in [-0.3, -0.25) is 0 Å². The summed E-state index contributed by atoms with van der Waals surface area (Å²) in [7, 11) is 0. The topological polar surface area (TPSA) is 21.3 Å². The van der Waals surface area contributed by atoms with Gasteiger partial charge in [-0.2, -0.15) is 0 Å². The van der Waals surface area contributed by atoms with Crippen molar-refractivity contribution in [3.05, 3.63) is 64.4 Å². The Morgan fingerprint density at radius 2 is 1.96 bits per heavy atom. The van der Waals surface area contributed by atoms with Crippen molar-refractivity contribution in [2.45, 2.75) is 26.4 Å². The molecule has 1 N–H and O–H groups in total. The number of hydrogen-bond donors (Lipinski definition) is 1. The van der Waals surface area contributed by atoms with Gasteiger partial charge in [0.2, 0.25) is 0 Å². The first-order valence-electron chi connectivity index (χ1n) is 7.65. The molecule has 23 heavy (non-hydrogen) atoms. The Labute approximate surface area is 140 Å². The molecule has 0 saturated carbocycles. The maximum absolute atomic E-state index is 13.9. The molecule has 0 fully saturated rings. The molecule has 120 valence electrons. The number of benzene rings is 2. The number of nitrogens with one attached hydrogen (secondary N) is 1. The number of rotatable bonds is 3. The van der Waals surface area contributed by atoms with Crippen molar-refractivity contribution >= 4 is 22.9 Å². The van der Waals surface area contributed by atoms with Crippen LogP contribution in [0.3, 0.4) is 0 Å². The first-order chi connectivity index (χ1) is 10.9. The fraction of sp³-hybridized carbons (Fsp3) is 0.263. The minimum absolute atomic E-state index is 0.128. The van der Waals surface area contributed by atoms with Gasteiger partial charge in [0, 0.05) is 23.9 Å². The summed E-state index contributed by atoms with van der Waals surface area (Å²) in [6, 6.07) is 10.9. The highest BCUT2D eigenvalue weighted by molar-refractivity contribution is 6.30. The van der Waals surface area contributed by atoms with Gasteiger partial charge in [-0.15, -0.1) is 0 Å². The van der Waals surface area contributed by atoms with Crippen molar-refractivity contribution in [1.82, 2.24) is 0 Å². The van der Waals surface area contributed by atoms with Crippen LogP contribution in [0.2, 0.25) is 5.02 Å². The summed E-state index contributed by atoms with van der Waals surface area (Å²) in [5, 5.41) is 3.41. The molecule has 0 saturated heterocycles. The lowest BCUT2D eigenvalue weighted by Crippen LogP contribution is -2.29. The van der Waals surface area contributed by atoms with Crippen LogP contribution in [0, 0.1) is 5.82 Å². The van der Waals surface area contributed by atoms with E-state index in [1.54, 1.807) is 6.07 Å². The zero-order chi connectivity index (χ0) is 16.6. The predicted molar refractivity (Wildman–Crippen MR) is 93.8 cm³/mol. The molecule has 0 aromatic heterocycles. The molecule has 3 rings (SSSR count). The van der Waals surface area contributed by atoms with Gasteiger partial charge < -0.3 is 10.1 Å². The molecule has 0 radical (unpaired) electrons. The molecule has 0 spiro atoms. The molecule has 0 bridgehead atoms. The van der Waals surface area contributed by atoms with Crippen LogP contribution < -0.4 is 10.1 Å². The average molecular weight is 332 g/mol. The van der Waals surface area contributed by atoms with E-state index in [2.05, 4.69) is 5.32 Å². The highest BCUT2D eigenvalue weighted by Crippen LogP contribution is 2.41. The average Bonchev–Trinajstić information content (AvgIpc) is 2.48. The van der Waals surface area contributed by atoms with E-state index >= 15 is 0 Å². The second-order valence-corrected chi connectivity index (χ2v) is 6.54. The summed E-state index contributed by atoms with van der Waals surface area (Å²) >= 11 is 5.80. The van der Waals surface area contributed by atoms with E-state index in [0.717, 1.165) is 34.7 Å². The van der Waals surface area contributed by atoms with Crippen LogP contribution in [0.1, 0.15) is 31.9 Å². The molecule has 1 aliphatic heterocycles. The minimum atomic E-state index is -0.469. The fourth-order valence-corrected chi connectivity index (χ4v) is 2.90. The molecule has 0 unspecified atom stereocenters. The van der Waals surface area contributed by atoms with E-state index in [9.17, 15) is 4.39 Å². The van der Waals surface area contributed by atoms with Gasteiger partial charge in [-0.1, -0.05) is 17.7 Å². The van der Waals surface area contributed by atoms with Gasteiger partial charge in [0.05, 0.1) is 5.02 Å². The number of halogens is 2. The van der Waals surface area contributed by atoms with Gasteiger partial charge in [0.1, 0.15) is 17.2 Å². The van der Waals surface area contributed by atoms with E-state index in [4.69, 9.17) is 16.3 Å². The maximum atomic E-state index is 13.9. The third-order valence-electron chi connectivity index (χ3n) is 3.75. The van der Waals surface area contributed by atoms with Gasteiger partial charge in [-0.05, 0) is 62.2 Å². The van der Waals surface area contributed by atoms with Crippen LogP contribution in [0.4, 0.5) is 10.1 Å². The highest BCUT2D eigenvalue weighted by Gasteiger charge is 2.27. The zero-order valence-electron chi connectivity index (χ0n) is 13.4. The summed E-state index contributed by atoms with van der Waals surface area (Å²) in [4.78, 5) is 0. The van der Waals surface area contributed by atoms with Gasteiger partial charge >= 0.3 is 0 Å². The van der Waals surface area contributed by atoms with E-state index < -0.39 is 11.4 Å². The van der Waals surface area contributed by atoms with Crippen LogP contribution in [-0.2, 0) is 0 Å². The van der Waals surface area contributed by atoms with Crippen LogP contribution in [-0.4, -0.2) is 12.1 Å². The van der Waals surface area contributed by atoms with Crippen LogP contribution in [0.25, 0.3) is 5.57 Å². The smallest absolute Gasteiger partial charge is 0.142 e. The Morgan fingerprint density at radius 3 is 2.65 bits per heavy atom. The Bertz CT molecular complexity index is 783. The Balaban J connectivity index is 2.12. The van der Waals surface area contributed by atoms with Gasteiger partial charge in [0.25, 0.3) is 0 Å². The van der Waals surface area contributed by atoms with Crippen molar-refractivity contribution in [2.75, 3.05) is 11.9 Å². The predicted octanol–water partition coefficient (Wildman–Crippen LogP) is 5.51. The van der Waals surface area contributed by atoms with Crippen molar-refractivity contribution in [1.29, 1.82) is 0 Å². The molecular weight excluding hydrogens is 313 g/mol. The van der Waals surface area contributed by atoms with Crippen molar-refractivity contribution < 1.29 is 9.13 Å². The van der Waals surface area contributed by atoms with Crippen LogP contribution >= 0.6 is 11.6 Å². The first kappa shape index (κ1) is 15.9. The Morgan fingerprint density at radius 1 is 1.17 bits per heavy atom. The molecule has 4 heteroatoms. The van der Waals surface area contributed by atoms with Crippen molar-refractivity contribution in [3.63, 3.8) is 0 Å². The van der Waals surface area contributed by atoms with Gasteiger partial charge in [-0.25, -0.2) is 4.39 Å². The first-order valence-corrected chi connectivity index (χ1v) is 8.03. The molecule has 1 aliphatic rings. The van der Waals surface area contributed by atoms with Gasteiger partial charge in [0.15, 0.2) is 0 Å². The van der Waals surface area contributed by atoms with E-state index in [1.807, 2.05) is 51.1 Å². The van der Waals surface area contributed by atoms with Crippen LogP contribution in [0.5, 0.6) is 5.75 Å². The monoisotopic (exact) mass is 331 g/mol. The van der Waals surface area contributed by atoms with Crippen LogP contribution in [0.15, 0.2) is 42.5 Å². The largest absolute Gasteiger partial charge is 0.483 e. The van der Waals surface area contributed by atoms with E-state index in [-0.39, 0.29) is 5.02 Å². The molecule has 0 aliphatic carbocycles. The molecule has 0 atom stereocenters. The Hall–Kier alpha value is -2.00. The second-order valence-electron chi connectivity index (χ2n) is 6.13. The normalized spacial score (nSPS) is 15.4. The molecular formula is C19H19ClFNO. The quantitative estimate of drug-likeness (QED) is 0.800. The summed E-state index contributed by atoms with van der Waals surface area (Å²) in [5.41, 5.74) is 3.23. The third kappa shape index (κ3) is 3.20. The summed E-state index contributed by atoms with van der Waals surface area (Å²) in [6.45, 7) is 6.86.